The van der Waals surface area contributed by atoms with Gasteiger partial charge in [0, 0.05) is 51.9 Å². The van der Waals surface area contributed by atoms with Crippen molar-refractivity contribution in [3.05, 3.63) is 35.4 Å². The second-order valence-corrected chi connectivity index (χ2v) is 7.94. The van der Waals surface area contributed by atoms with Crippen molar-refractivity contribution in [1.29, 1.82) is 0 Å². The van der Waals surface area contributed by atoms with Crippen molar-refractivity contribution in [3.63, 3.8) is 0 Å². The molecule has 30 heavy (non-hydrogen) atoms. The van der Waals surface area contributed by atoms with Gasteiger partial charge in [-0.15, -0.1) is 0 Å². The fourth-order valence-electron chi connectivity index (χ4n) is 3.72. The summed E-state index contributed by atoms with van der Waals surface area (Å²) in [5, 5.41) is 6.77. The normalized spacial score (nSPS) is 20.4. The topological polar surface area (TPSA) is 67.4 Å². The lowest BCUT2D eigenvalue weighted by Gasteiger charge is -2.27. The Morgan fingerprint density at radius 2 is 1.97 bits per heavy atom. The molecule has 7 nitrogen and oxygen atoms in total. The molecule has 0 aliphatic carbocycles. The van der Waals surface area contributed by atoms with Crippen LogP contribution in [-0.4, -0.2) is 76.7 Å². The third-order valence-corrected chi connectivity index (χ3v) is 5.50. The van der Waals surface area contributed by atoms with Crippen LogP contribution in [-0.2, 0) is 27.3 Å². The minimum atomic E-state index is 0.578. The quantitative estimate of drug-likeness (QED) is 0.326. The molecular weight excluding hydrogens is 380 g/mol. The van der Waals surface area contributed by atoms with Gasteiger partial charge in [0.15, 0.2) is 5.96 Å². The zero-order valence-corrected chi connectivity index (χ0v) is 18.4. The number of nitrogens with one attached hydrogen (secondary N) is 2. The van der Waals surface area contributed by atoms with Crippen molar-refractivity contribution < 1.29 is 14.2 Å². The lowest BCUT2D eigenvalue weighted by Crippen LogP contribution is -2.38. The molecule has 7 heteroatoms. The first kappa shape index (κ1) is 23.0. The molecule has 2 aliphatic rings. The molecule has 0 saturated carbocycles. The number of guanidine groups is 1. The van der Waals surface area contributed by atoms with E-state index in [1.54, 1.807) is 0 Å². The van der Waals surface area contributed by atoms with Gasteiger partial charge in [-0.1, -0.05) is 24.3 Å². The molecule has 2 fully saturated rings. The minimum absolute atomic E-state index is 0.578. The second-order valence-electron chi connectivity index (χ2n) is 7.94. The van der Waals surface area contributed by atoms with Gasteiger partial charge >= 0.3 is 0 Å². The number of ether oxygens (including phenoxy) is 3. The Morgan fingerprint density at radius 3 is 2.73 bits per heavy atom. The Morgan fingerprint density at radius 1 is 1.13 bits per heavy atom. The average molecular weight is 419 g/mol. The Balaban J connectivity index is 1.42. The number of aliphatic imine (C=N–C) groups is 1. The first-order chi connectivity index (χ1) is 14.8. The molecular formula is C23H38N4O3. The monoisotopic (exact) mass is 418 g/mol. The van der Waals surface area contributed by atoms with Gasteiger partial charge in [-0.25, -0.2) is 4.99 Å². The maximum Gasteiger partial charge on any atom is 0.191 e. The van der Waals surface area contributed by atoms with E-state index in [1.165, 1.54) is 11.1 Å². The number of morpholine rings is 1. The highest BCUT2D eigenvalue weighted by molar-refractivity contribution is 5.79. The van der Waals surface area contributed by atoms with E-state index in [0.717, 1.165) is 91.2 Å². The molecule has 1 aromatic carbocycles. The maximum atomic E-state index is 5.78. The van der Waals surface area contributed by atoms with Crippen LogP contribution in [0.1, 0.15) is 30.9 Å². The van der Waals surface area contributed by atoms with E-state index in [-0.39, 0.29) is 0 Å². The highest BCUT2D eigenvalue weighted by atomic mass is 16.5. The lowest BCUT2D eigenvalue weighted by molar-refractivity contribution is 0.0341. The van der Waals surface area contributed by atoms with Crippen LogP contribution < -0.4 is 10.6 Å². The number of rotatable bonds is 11. The van der Waals surface area contributed by atoms with Crippen LogP contribution in [0, 0.1) is 5.92 Å². The van der Waals surface area contributed by atoms with Crippen LogP contribution >= 0.6 is 0 Å². The summed E-state index contributed by atoms with van der Waals surface area (Å²) in [6, 6.07) is 8.61. The molecule has 2 saturated heterocycles. The van der Waals surface area contributed by atoms with Gasteiger partial charge in [0.05, 0.1) is 33.0 Å². The van der Waals surface area contributed by atoms with Gasteiger partial charge in [-0.3, -0.25) is 4.90 Å². The van der Waals surface area contributed by atoms with Crippen molar-refractivity contribution in [2.24, 2.45) is 10.9 Å². The maximum absolute atomic E-state index is 5.78. The number of benzene rings is 1. The smallest absolute Gasteiger partial charge is 0.191 e. The summed E-state index contributed by atoms with van der Waals surface area (Å²) in [4.78, 5) is 7.26. The van der Waals surface area contributed by atoms with Crippen LogP contribution in [0.2, 0.25) is 0 Å². The van der Waals surface area contributed by atoms with Crippen LogP contribution in [0.3, 0.4) is 0 Å². The first-order valence-corrected chi connectivity index (χ1v) is 11.4. The van der Waals surface area contributed by atoms with Crippen molar-refractivity contribution in [2.45, 2.75) is 32.9 Å². The van der Waals surface area contributed by atoms with Gasteiger partial charge in [-0.05, 0) is 30.9 Å². The zero-order valence-electron chi connectivity index (χ0n) is 18.4. The molecule has 2 heterocycles. The van der Waals surface area contributed by atoms with Gasteiger partial charge in [0.1, 0.15) is 0 Å². The highest BCUT2D eigenvalue weighted by Gasteiger charge is 2.15. The number of hydrogen-bond donors (Lipinski definition) is 2. The summed E-state index contributed by atoms with van der Waals surface area (Å²) in [7, 11) is 0. The molecule has 1 atom stereocenters. The molecule has 0 spiro atoms. The molecule has 2 N–H and O–H groups in total. The fraction of sp³-hybridized carbons (Fsp3) is 0.696. The summed E-state index contributed by atoms with van der Waals surface area (Å²) in [5.74, 6) is 1.44. The Hall–Kier alpha value is -1.67. The van der Waals surface area contributed by atoms with Gasteiger partial charge in [0.25, 0.3) is 0 Å². The standard InChI is InChI=1S/C23H38N4O3/c1-2-24-23(25-9-5-12-29-18-20-8-13-30-19-20)26-16-21-6-3-4-7-22(21)17-27-10-14-28-15-11-27/h3-4,6-7,20H,2,5,8-19H2,1H3,(H2,24,25,26). The first-order valence-electron chi connectivity index (χ1n) is 11.4. The summed E-state index contributed by atoms with van der Waals surface area (Å²) in [6.45, 7) is 12.4. The van der Waals surface area contributed by atoms with Crippen molar-refractivity contribution in [3.8, 4) is 0 Å². The number of nitrogens with zero attached hydrogens (tertiary/aromatic N) is 2. The van der Waals surface area contributed by atoms with Crippen molar-refractivity contribution in [1.82, 2.24) is 15.5 Å². The van der Waals surface area contributed by atoms with Crippen LogP contribution in [0.25, 0.3) is 0 Å². The summed E-state index contributed by atoms with van der Waals surface area (Å²) in [6.07, 6.45) is 2.09. The van der Waals surface area contributed by atoms with E-state index >= 15 is 0 Å². The minimum Gasteiger partial charge on any atom is -0.381 e. The molecule has 0 aromatic heterocycles. The predicted molar refractivity (Wildman–Crippen MR) is 120 cm³/mol. The van der Waals surface area contributed by atoms with E-state index in [0.29, 0.717) is 12.5 Å². The Bertz CT molecular complexity index is 629. The van der Waals surface area contributed by atoms with Gasteiger partial charge in [0.2, 0.25) is 0 Å². The summed E-state index contributed by atoms with van der Waals surface area (Å²) in [5.41, 5.74) is 2.63. The fourth-order valence-corrected chi connectivity index (χ4v) is 3.72. The largest absolute Gasteiger partial charge is 0.381 e. The summed E-state index contributed by atoms with van der Waals surface area (Å²) < 4.78 is 16.6. The lowest BCUT2D eigenvalue weighted by atomic mass is 10.1. The van der Waals surface area contributed by atoms with E-state index in [1.807, 2.05) is 0 Å². The Kier molecular flexibility index (Phi) is 10.4. The molecule has 2 aliphatic heterocycles. The van der Waals surface area contributed by atoms with Crippen molar-refractivity contribution >= 4 is 5.96 Å². The van der Waals surface area contributed by atoms with E-state index < -0.39 is 0 Å². The zero-order chi connectivity index (χ0) is 20.9. The molecule has 0 amide bonds. The van der Waals surface area contributed by atoms with Crippen molar-refractivity contribution in [2.75, 3.05) is 65.8 Å². The van der Waals surface area contributed by atoms with Crippen LogP contribution in [0.4, 0.5) is 0 Å². The third kappa shape index (κ3) is 8.22. The second kappa shape index (κ2) is 13.6. The molecule has 168 valence electrons. The molecule has 3 rings (SSSR count). The Labute approximate surface area is 181 Å². The molecule has 0 bridgehead atoms. The summed E-state index contributed by atoms with van der Waals surface area (Å²) >= 11 is 0. The highest BCUT2D eigenvalue weighted by Crippen LogP contribution is 2.14. The van der Waals surface area contributed by atoms with Crippen LogP contribution in [0.5, 0.6) is 0 Å². The van der Waals surface area contributed by atoms with E-state index in [2.05, 4.69) is 46.7 Å². The van der Waals surface area contributed by atoms with Crippen LogP contribution in [0.15, 0.2) is 29.3 Å². The number of hydrogen-bond acceptors (Lipinski definition) is 5. The molecule has 1 aromatic rings. The van der Waals surface area contributed by atoms with Gasteiger partial charge < -0.3 is 24.8 Å². The molecule has 1 unspecified atom stereocenters. The third-order valence-electron chi connectivity index (χ3n) is 5.50. The molecule has 0 radical (unpaired) electrons. The van der Waals surface area contributed by atoms with E-state index in [4.69, 9.17) is 19.2 Å². The van der Waals surface area contributed by atoms with E-state index in [9.17, 15) is 0 Å². The van der Waals surface area contributed by atoms with Gasteiger partial charge in [-0.2, -0.15) is 0 Å². The average Bonchev–Trinajstić information content (AvgIpc) is 3.29. The SMILES string of the molecule is CCNC(=NCc1ccccc1CN1CCOCC1)NCCCOCC1CCOC1. The predicted octanol–water partition coefficient (Wildman–Crippen LogP) is 2.02.